The van der Waals surface area contributed by atoms with Crippen LogP contribution in [0.25, 0.3) is 0 Å². The van der Waals surface area contributed by atoms with Gasteiger partial charge in [0, 0.05) is 22.6 Å². The first-order valence-electron chi connectivity index (χ1n) is 9.25. The fourth-order valence-electron chi connectivity index (χ4n) is 3.49. The number of carbonyl (C=O) groups excluding carboxylic acids is 1. The number of carbonyl (C=O) groups is 1. The zero-order chi connectivity index (χ0) is 20.5. The van der Waals surface area contributed by atoms with E-state index in [1.165, 1.54) is 11.0 Å². The van der Waals surface area contributed by atoms with Gasteiger partial charge in [0.15, 0.2) is 5.72 Å². The van der Waals surface area contributed by atoms with Gasteiger partial charge in [0.25, 0.3) is 0 Å². The van der Waals surface area contributed by atoms with Gasteiger partial charge < -0.3 is 9.47 Å². The SMILES string of the molecule is CN(C(=O)OC(C)(C)C)C1(OCc2ccccc2)CCc2c(F)cc(I)cc21. The molecule has 6 heteroatoms. The number of fused-ring (bicyclic) bond motifs is 1. The van der Waals surface area contributed by atoms with Crippen LogP contribution in [-0.2, 0) is 28.2 Å². The predicted octanol–water partition coefficient (Wildman–Crippen LogP) is 5.61. The van der Waals surface area contributed by atoms with Crippen molar-refractivity contribution in [1.29, 1.82) is 0 Å². The third-order valence-electron chi connectivity index (χ3n) is 4.82. The van der Waals surface area contributed by atoms with E-state index in [0.29, 0.717) is 30.6 Å². The Morgan fingerprint density at radius 3 is 2.57 bits per heavy atom. The standard InChI is InChI=1S/C22H25FINO3/c1-21(2,3)28-20(26)25(4)22(27-14-15-8-6-5-7-9-15)11-10-17-18(22)12-16(24)13-19(17)23/h5-9,12-13H,10-11,14H2,1-4H3. The smallest absolute Gasteiger partial charge is 0.412 e. The average Bonchev–Trinajstić information content (AvgIpc) is 2.98. The first-order chi connectivity index (χ1) is 13.1. The Hall–Kier alpha value is -1.67. The van der Waals surface area contributed by atoms with E-state index in [-0.39, 0.29) is 5.82 Å². The van der Waals surface area contributed by atoms with Crippen LogP contribution in [0, 0.1) is 9.39 Å². The van der Waals surface area contributed by atoms with Gasteiger partial charge in [-0.2, -0.15) is 0 Å². The summed E-state index contributed by atoms with van der Waals surface area (Å²) in [5, 5.41) is 0. The van der Waals surface area contributed by atoms with Crippen molar-refractivity contribution in [2.75, 3.05) is 7.05 Å². The molecule has 0 radical (unpaired) electrons. The summed E-state index contributed by atoms with van der Waals surface area (Å²) in [6.45, 7) is 5.77. The van der Waals surface area contributed by atoms with E-state index in [0.717, 1.165) is 9.13 Å². The molecule has 4 nitrogen and oxygen atoms in total. The first kappa shape index (κ1) is 21.0. The zero-order valence-electron chi connectivity index (χ0n) is 16.6. The molecule has 2 aromatic rings. The lowest BCUT2D eigenvalue weighted by Gasteiger charge is -2.40. The van der Waals surface area contributed by atoms with Crippen LogP contribution in [0.5, 0.6) is 0 Å². The monoisotopic (exact) mass is 497 g/mol. The molecule has 0 fully saturated rings. The molecule has 2 aromatic carbocycles. The second-order valence-electron chi connectivity index (χ2n) is 8.01. The minimum atomic E-state index is -1.07. The van der Waals surface area contributed by atoms with Crippen LogP contribution in [0.4, 0.5) is 9.18 Å². The van der Waals surface area contributed by atoms with Gasteiger partial charge in [-0.3, -0.25) is 4.90 Å². The fourth-order valence-corrected chi connectivity index (χ4v) is 4.07. The third-order valence-corrected chi connectivity index (χ3v) is 5.45. The van der Waals surface area contributed by atoms with Gasteiger partial charge in [0.1, 0.15) is 11.4 Å². The molecule has 0 N–H and O–H groups in total. The molecule has 1 unspecified atom stereocenters. The van der Waals surface area contributed by atoms with E-state index in [1.807, 2.05) is 57.2 Å². The van der Waals surface area contributed by atoms with Crippen LogP contribution in [0.2, 0.25) is 0 Å². The minimum Gasteiger partial charge on any atom is -0.444 e. The highest BCUT2D eigenvalue weighted by Crippen LogP contribution is 2.45. The summed E-state index contributed by atoms with van der Waals surface area (Å²) in [5.41, 5.74) is 0.573. The van der Waals surface area contributed by atoms with Crippen molar-refractivity contribution in [1.82, 2.24) is 4.90 Å². The van der Waals surface area contributed by atoms with Gasteiger partial charge in [0.2, 0.25) is 0 Å². The second kappa shape index (κ2) is 7.99. The van der Waals surface area contributed by atoms with Crippen molar-refractivity contribution in [3.05, 3.63) is 68.5 Å². The molecule has 28 heavy (non-hydrogen) atoms. The number of benzene rings is 2. The molecule has 0 aliphatic heterocycles. The van der Waals surface area contributed by atoms with Crippen molar-refractivity contribution in [2.24, 2.45) is 0 Å². The highest BCUT2D eigenvalue weighted by Gasteiger charge is 2.48. The second-order valence-corrected chi connectivity index (χ2v) is 9.26. The molecule has 0 saturated heterocycles. The number of hydrogen-bond acceptors (Lipinski definition) is 3. The summed E-state index contributed by atoms with van der Waals surface area (Å²) in [7, 11) is 1.66. The lowest BCUT2D eigenvalue weighted by molar-refractivity contribution is -0.155. The van der Waals surface area contributed by atoms with Crippen LogP contribution in [-0.4, -0.2) is 23.6 Å². The average molecular weight is 497 g/mol. The van der Waals surface area contributed by atoms with Crippen LogP contribution in [0.1, 0.15) is 43.9 Å². The summed E-state index contributed by atoms with van der Waals surface area (Å²) >= 11 is 2.09. The van der Waals surface area contributed by atoms with Gasteiger partial charge >= 0.3 is 6.09 Å². The molecule has 0 saturated carbocycles. The topological polar surface area (TPSA) is 38.8 Å². The molecule has 0 heterocycles. The normalized spacial score (nSPS) is 18.6. The number of rotatable bonds is 4. The van der Waals surface area contributed by atoms with Crippen molar-refractivity contribution >= 4 is 28.7 Å². The van der Waals surface area contributed by atoms with Gasteiger partial charge in [-0.25, -0.2) is 9.18 Å². The summed E-state index contributed by atoms with van der Waals surface area (Å²) in [5.74, 6) is -0.260. The Morgan fingerprint density at radius 2 is 1.93 bits per heavy atom. The summed E-state index contributed by atoms with van der Waals surface area (Å²) in [6, 6.07) is 13.2. The highest BCUT2D eigenvalue weighted by molar-refractivity contribution is 14.1. The Labute approximate surface area is 179 Å². The maximum absolute atomic E-state index is 14.6. The Balaban J connectivity index is 2.00. The van der Waals surface area contributed by atoms with Gasteiger partial charge in [-0.05, 0) is 73.0 Å². The van der Waals surface area contributed by atoms with Crippen molar-refractivity contribution < 1.29 is 18.7 Å². The zero-order valence-corrected chi connectivity index (χ0v) is 18.7. The quantitative estimate of drug-likeness (QED) is 0.407. The van der Waals surface area contributed by atoms with Crippen molar-refractivity contribution in [3.63, 3.8) is 0 Å². The number of hydrogen-bond donors (Lipinski definition) is 0. The molecule has 1 amide bonds. The molecular weight excluding hydrogens is 472 g/mol. The Kier molecular flexibility index (Phi) is 6.00. The maximum atomic E-state index is 14.6. The number of amides is 1. The van der Waals surface area contributed by atoms with E-state index < -0.39 is 17.4 Å². The molecule has 0 spiro atoms. The molecule has 1 aliphatic rings. The molecule has 3 rings (SSSR count). The third kappa shape index (κ3) is 4.33. The van der Waals surface area contributed by atoms with Gasteiger partial charge in [0.05, 0.1) is 6.61 Å². The maximum Gasteiger partial charge on any atom is 0.412 e. The summed E-state index contributed by atoms with van der Waals surface area (Å²) in [4.78, 5) is 14.3. The van der Waals surface area contributed by atoms with E-state index in [1.54, 1.807) is 7.05 Å². The largest absolute Gasteiger partial charge is 0.444 e. The van der Waals surface area contributed by atoms with Crippen LogP contribution in [0.3, 0.4) is 0 Å². The lowest BCUT2D eigenvalue weighted by Crippen LogP contribution is -2.49. The Morgan fingerprint density at radius 1 is 1.25 bits per heavy atom. The van der Waals surface area contributed by atoms with Crippen molar-refractivity contribution in [3.8, 4) is 0 Å². The van der Waals surface area contributed by atoms with Crippen LogP contribution in [0.15, 0.2) is 42.5 Å². The summed E-state index contributed by atoms with van der Waals surface area (Å²) in [6.07, 6.45) is 0.481. The fraction of sp³-hybridized carbons (Fsp3) is 0.409. The number of nitrogens with zero attached hydrogens (tertiary/aromatic N) is 1. The van der Waals surface area contributed by atoms with Crippen molar-refractivity contribution in [2.45, 2.75) is 51.5 Å². The lowest BCUT2D eigenvalue weighted by atomic mass is 10.0. The highest BCUT2D eigenvalue weighted by atomic mass is 127. The molecule has 150 valence electrons. The number of ether oxygens (including phenoxy) is 2. The minimum absolute atomic E-state index is 0.260. The summed E-state index contributed by atoms with van der Waals surface area (Å²) < 4.78 is 27.3. The van der Waals surface area contributed by atoms with Gasteiger partial charge in [-0.1, -0.05) is 30.3 Å². The van der Waals surface area contributed by atoms with E-state index >= 15 is 0 Å². The molecule has 1 atom stereocenters. The first-order valence-corrected chi connectivity index (χ1v) is 10.3. The molecule has 0 bridgehead atoms. The van der Waals surface area contributed by atoms with E-state index in [4.69, 9.17) is 9.47 Å². The number of halogens is 2. The Bertz CT molecular complexity index is 866. The van der Waals surface area contributed by atoms with E-state index in [2.05, 4.69) is 22.6 Å². The van der Waals surface area contributed by atoms with Crippen LogP contribution < -0.4 is 0 Å². The van der Waals surface area contributed by atoms with Crippen LogP contribution >= 0.6 is 22.6 Å². The molecule has 1 aliphatic carbocycles. The molecule has 0 aromatic heterocycles. The van der Waals surface area contributed by atoms with E-state index in [9.17, 15) is 9.18 Å². The molecular formula is C22H25FINO3. The predicted molar refractivity (Wildman–Crippen MR) is 114 cm³/mol. The van der Waals surface area contributed by atoms with Gasteiger partial charge in [-0.15, -0.1) is 0 Å².